The van der Waals surface area contributed by atoms with Crippen LogP contribution in [-0.2, 0) is 9.59 Å². The highest BCUT2D eigenvalue weighted by atomic mass is 16.2. The second-order valence-electron chi connectivity index (χ2n) is 9.49. The molecule has 1 atom stereocenters. The number of aryl methyl sites for hydroxylation is 1. The molecule has 2 aliphatic rings. The van der Waals surface area contributed by atoms with Crippen LogP contribution in [0.2, 0.25) is 0 Å². The van der Waals surface area contributed by atoms with Crippen LogP contribution in [0.4, 0.5) is 17.2 Å². The van der Waals surface area contributed by atoms with Gasteiger partial charge >= 0.3 is 0 Å². The Morgan fingerprint density at radius 2 is 1.60 bits per heavy atom. The predicted octanol–water partition coefficient (Wildman–Crippen LogP) is 4.82. The van der Waals surface area contributed by atoms with Gasteiger partial charge in [0.1, 0.15) is 0 Å². The van der Waals surface area contributed by atoms with Crippen LogP contribution in [0.25, 0.3) is 11.3 Å². The standard InChI is InChI=1S/C28H31N5O2/c1-20-6-12-24(13-7-20)33-19-22(18-27(33)34)28(35)29-23-10-8-21(9-11-23)25-14-15-26(31-30-25)32-16-4-2-3-5-17-32/h6-15,22H,2-5,16-19H2,1H3,(H,29,35). The first kappa shape index (κ1) is 23.0. The summed E-state index contributed by atoms with van der Waals surface area (Å²) in [6, 6.07) is 19.5. The third-order valence-corrected chi connectivity index (χ3v) is 6.87. The zero-order chi connectivity index (χ0) is 24.2. The average Bonchev–Trinajstić information content (AvgIpc) is 3.08. The average molecular weight is 470 g/mol. The molecule has 1 aromatic heterocycles. The Balaban J connectivity index is 1.19. The maximum Gasteiger partial charge on any atom is 0.229 e. The minimum atomic E-state index is -0.374. The molecule has 35 heavy (non-hydrogen) atoms. The molecule has 0 saturated carbocycles. The van der Waals surface area contributed by atoms with Gasteiger partial charge in [-0.2, -0.15) is 0 Å². The van der Waals surface area contributed by atoms with E-state index in [0.29, 0.717) is 12.2 Å². The van der Waals surface area contributed by atoms with E-state index < -0.39 is 0 Å². The molecule has 0 aliphatic carbocycles. The maximum atomic E-state index is 12.8. The first-order chi connectivity index (χ1) is 17.1. The van der Waals surface area contributed by atoms with E-state index in [-0.39, 0.29) is 24.2 Å². The normalized spacial score (nSPS) is 18.4. The Hall–Kier alpha value is -3.74. The summed E-state index contributed by atoms with van der Waals surface area (Å²) in [6.07, 6.45) is 5.20. The highest BCUT2D eigenvalue weighted by Crippen LogP contribution is 2.27. The summed E-state index contributed by atoms with van der Waals surface area (Å²) in [6.45, 7) is 4.48. The van der Waals surface area contributed by atoms with Gasteiger partial charge in [-0.25, -0.2) is 0 Å². The summed E-state index contributed by atoms with van der Waals surface area (Å²) >= 11 is 0. The molecular weight excluding hydrogens is 438 g/mol. The van der Waals surface area contributed by atoms with Crippen molar-refractivity contribution in [1.29, 1.82) is 0 Å². The second kappa shape index (κ2) is 10.3. The van der Waals surface area contributed by atoms with Crippen molar-refractivity contribution in [2.24, 2.45) is 5.92 Å². The lowest BCUT2D eigenvalue weighted by atomic mass is 10.1. The van der Waals surface area contributed by atoms with Gasteiger partial charge in [0.05, 0.1) is 11.6 Å². The fourth-order valence-corrected chi connectivity index (χ4v) is 4.77. The van der Waals surface area contributed by atoms with E-state index in [9.17, 15) is 9.59 Å². The van der Waals surface area contributed by atoms with Crippen LogP contribution in [0.1, 0.15) is 37.7 Å². The number of hydrogen-bond acceptors (Lipinski definition) is 5. The highest BCUT2D eigenvalue weighted by molar-refractivity contribution is 6.03. The maximum absolute atomic E-state index is 12.8. The van der Waals surface area contributed by atoms with Gasteiger partial charge in [0, 0.05) is 43.0 Å². The Morgan fingerprint density at radius 3 is 2.26 bits per heavy atom. The largest absolute Gasteiger partial charge is 0.355 e. The first-order valence-corrected chi connectivity index (χ1v) is 12.4. The van der Waals surface area contributed by atoms with Crippen molar-refractivity contribution in [3.63, 3.8) is 0 Å². The van der Waals surface area contributed by atoms with Gasteiger partial charge in [0.2, 0.25) is 11.8 Å². The molecule has 2 fully saturated rings. The van der Waals surface area contributed by atoms with Crippen LogP contribution >= 0.6 is 0 Å². The number of nitrogens with one attached hydrogen (secondary N) is 1. The van der Waals surface area contributed by atoms with E-state index in [0.717, 1.165) is 41.4 Å². The molecule has 1 N–H and O–H groups in total. The predicted molar refractivity (Wildman–Crippen MR) is 138 cm³/mol. The van der Waals surface area contributed by atoms with Gasteiger partial charge in [0.15, 0.2) is 5.82 Å². The molecule has 2 aromatic carbocycles. The van der Waals surface area contributed by atoms with Crippen molar-refractivity contribution >= 4 is 29.0 Å². The van der Waals surface area contributed by atoms with Gasteiger partial charge in [-0.15, -0.1) is 10.2 Å². The molecule has 3 heterocycles. The molecule has 5 rings (SSSR count). The number of rotatable bonds is 5. The number of anilines is 3. The Bertz CT molecular complexity index is 1170. The molecule has 7 heteroatoms. The van der Waals surface area contributed by atoms with E-state index >= 15 is 0 Å². The number of hydrogen-bond donors (Lipinski definition) is 1. The highest BCUT2D eigenvalue weighted by Gasteiger charge is 2.35. The van der Waals surface area contributed by atoms with Gasteiger partial charge in [0.25, 0.3) is 0 Å². The molecule has 2 saturated heterocycles. The monoisotopic (exact) mass is 469 g/mol. The molecular formula is C28H31N5O2. The lowest BCUT2D eigenvalue weighted by Gasteiger charge is -2.20. The van der Waals surface area contributed by atoms with Crippen LogP contribution in [0.15, 0.2) is 60.7 Å². The van der Waals surface area contributed by atoms with E-state index in [1.54, 1.807) is 4.90 Å². The van der Waals surface area contributed by atoms with Crippen molar-refractivity contribution in [1.82, 2.24) is 10.2 Å². The van der Waals surface area contributed by atoms with Crippen molar-refractivity contribution in [3.8, 4) is 11.3 Å². The third-order valence-electron chi connectivity index (χ3n) is 6.87. The number of carbonyl (C=O) groups is 2. The van der Waals surface area contributed by atoms with Crippen LogP contribution in [-0.4, -0.2) is 41.6 Å². The number of carbonyl (C=O) groups excluding carboxylic acids is 2. The van der Waals surface area contributed by atoms with E-state index in [4.69, 9.17) is 0 Å². The minimum Gasteiger partial charge on any atom is -0.355 e. The number of aromatic nitrogens is 2. The smallest absolute Gasteiger partial charge is 0.229 e. The van der Waals surface area contributed by atoms with Gasteiger partial charge in [-0.1, -0.05) is 42.7 Å². The lowest BCUT2D eigenvalue weighted by Crippen LogP contribution is -2.28. The van der Waals surface area contributed by atoms with Crippen LogP contribution in [0, 0.1) is 12.8 Å². The SMILES string of the molecule is Cc1ccc(N2CC(C(=O)Nc3ccc(-c4ccc(N5CCCCCC5)nn4)cc3)CC2=O)cc1. The summed E-state index contributed by atoms with van der Waals surface area (Å²) in [5.41, 5.74) is 4.42. The summed E-state index contributed by atoms with van der Waals surface area (Å²) in [4.78, 5) is 29.4. The van der Waals surface area contributed by atoms with Gasteiger partial charge < -0.3 is 15.1 Å². The quantitative estimate of drug-likeness (QED) is 0.579. The molecule has 3 aromatic rings. The van der Waals surface area contributed by atoms with Gasteiger partial charge in [-0.05, 0) is 56.2 Å². The fourth-order valence-electron chi connectivity index (χ4n) is 4.77. The molecule has 0 bridgehead atoms. The zero-order valence-electron chi connectivity index (χ0n) is 20.1. The molecule has 7 nitrogen and oxygen atoms in total. The van der Waals surface area contributed by atoms with Crippen LogP contribution in [0.5, 0.6) is 0 Å². The Labute approximate surface area is 206 Å². The molecule has 2 amide bonds. The number of amides is 2. The van der Waals surface area contributed by atoms with Crippen molar-refractivity contribution < 1.29 is 9.59 Å². The summed E-state index contributed by atoms with van der Waals surface area (Å²) < 4.78 is 0. The van der Waals surface area contributed by atoms with Crippen molar-refractivity contribution in [2.75, 3.05) is 34.8 Å². The van der Waals surface area contributed by atoms with E-state index in [1.807, 2.05) is 67.6 Å². The molecule has 2 aliphatic heterocycles. The van der Waals surface area contributed by atoms with Crippen molar-refractivity contribution in [2.45, 2.75) is 39.0 Å². The number of nitrogens with zero attached hydrogens (tertiary/aromatic N) is 4. The van der Waals surface area contributed by atoms with Crippen LogP contribution in [0.3, 0.4) is 0 Å². The molecule has 180 valence electrons. The van der Waals surface area contributed by atoms with E-state index in [1.165, 1.54) is 25.7 Å². The summed E-state index contributed by atoms with van der Waals surface area (Å²) in [5, 5.41) is 11.9. The van der Waals surface area contributed by atoms with Crippen LogP contribution < -0.4 is 15.1 Å². The van der Waals surface area contributed by atoms with Crippen molar-refractivity contribution in [3.05, 3.63) is 66.2 Å². The fraction of sp³-hybridized carbons (Fsp3) is 0.357. The summed E-state index contributed by atoms with van der Waals surface area (Å²) in [7, 11) is 0. The first-order valence-electron chi connectivity index (χ1n) is 12.4. The van der Waals surface area contributed by atoms with Gasteiger partial charge in [-0.3, -0.25) is 9.59 Å². The zero-order valence-corrected chi connectivity index (χ0v) is 20.1. The topological polar surface area (TPSA) is 78.4 Å². The molecule has 0 radical (unpaired) electrons. The lowest BCUT2D eigenvalue weighted by molar-refractivity contribution is -0.122. The molecule has 1 unspecified atom stereocenters. The molecule has 0 spiro atoms. The number of benzene rings is 2. The Morgan fingerprint density at radius 1 is 0.886 bits per heavy atom. The Kier molecular flexibility index (Phi) is 6.75. The third kappa shape index (κ3) is 5.34. The second-order valence-corrected chi connectivity index (χ2v) is 9.49. The van der Waals surface area contributed by atoms with E-state index in [2.05, 4.69) is 20.4 Å². The summed E-state index contributed by atoms with van der Waals surface area (Å²) in [5.74, 6) is 0.403. The minimum absolute atomic E-state index is 0.0217.